The molecule has 0 aliphatic carbocycles. The Hall–Kier alpha value is -3.28. The highest BCUT2D eigenvalue weighted by Crippen LogP contribution is 2.24. The topological polar surface area (TPSA) is 53.5 Å². The molecule has 0 atom stereocenters. The fourth-order valence-electron chi connectivity index (χ4n) is 3.65. The number of hydrogen-bond donors (Lipinski definition) is 1. The lowest BCUT2D eigenvalue weighted by Gasteiger charge is -2.37. The van der Waals surface area contributed by atoms with Gasteiger partial charge in [-0.25, -0.2) is 9.97 Å². The number of methoxy groups -OCH3 is 1. The van der Waals surface area contributed by atoms with Gasteiger partial charge in [-0.05, 0) is 43.7 Å². The average Bonchev–Trinajstić information content (AvgIpc) is 2.73. The van der Waals surface area contributed by atoms with E-state index in [2.05, 4.69) is 56.3 Å². The first kappa shape index (κ1) is 19.1. The summed E-state index contributed by atoms with van der Waals surface area (Å²) < 4.78 is 5.30. The Morgan fingerprint density at radius 2 is 1.62 bits per heavy atom. The zero-order chi connectivity index (χ0) is 20.2. The number of aromatic nitrogens is 2. The number of anilines is 4. The first-order valence-electron chi connectivity index (χ1n) is 9.94. The summed E-state index contributed by atoms with van der Waals surface area (Å²) in [5.41, 5.74) is 3.53. The summed E-state index contributed by atoms with van der Waals surface area (Å²) in [6.07, 6.45) is 0. The van der Waals surface area contributed by atoms with Gasteiger partial charge in [0.1, 0.15) is 23.2 Å². The van der Waals surface area contributed by atoms with Crippen molar-refractivity contribution >= 4 is 23.0 Å². The largest absolute Gasteiger partial charge is 0.497 e. The Labute approximate surface area is 172 Å². The standard InChI is InChI=1S/C23H27N5O/c1-17-6-4-8-20(14-17)27-10-12-28(13-11-27)23-16-22(24-18(2)25-23)26-19-7-5-9-21(15-19)29-3/h4-9,14-16H,10-13H2,1-3H3,(H,24,25,26). The van der Waals surface area contributed by atoms with Crippen LogP contribution in [0.25, 0.3) is 0 Å². The molecule has 1 aromatic heterocycles. The molecule has 29 heavy (non-hydrogen) atoms. The molecule has 1 aliphatic rings. The third kappa shape index (κ3) is 4.59. The SMILES string of the molecule is COc1cccc(Nc2cc(N3CCN(c4cccc(C)c4)CC3)nc(C)n2)c1. The van der Waals surface area contributed by atoms with Gasteiger partial charge in [-0.1, -0.05) is 18.2 Å². The van der Waals surface area contributed by atoms with E-state index in [1.165, 1.54) is 11.3 Å². The van der Waals surface area contributed by atoms with Crippen molar-refractivity contribution in [1.82, 2.24) is 9.97 Å². The van der Waals surface area contributed by atoms with Crippen molar-refractivity contribution in [2.24, 2.45) is 0 Å². The van der Waals surface area contributed by atoms with E-state index in [0.29, 0.717) is 0 Å². The summed E-state index contributed by atoms with van der Waals surface area (Å²) in [5, 5.41) is 3.37. The lowest BCUT2D eigenvalue weighted by atomic mass is 10.2. The molecule has 4 rings (SSSR count). The van der Waals surface area contributed by atoms with Crippen molar-refractivity contribution in [3.8, 4) is 5.75 Å². The molecule has 0 spiro atoms. The van der Waals surface area contributed by atoms with Gasteiger partial charge in [-0.2, -0.15) is 0 Å². The minimum absolute atomic E-state index is 0.758. The lowest BCUT2D eigenvalue weighted by Crippen LogP contribution is -2.47. The number of piperazine rings is 1. The van der Waals surface area contributed by atoms with Crippen LogP contribution in [0.5, 0.6) is 5.75 Å². The summed E-state index contributed by atoms with van der Waals surface area (Å²) in [6, 6.07) is 18.6. The minimum atomic E-state index is 0.758. The normalized spacial score (nSPS) is 14.0. The molecule has 0 unspecified atom stereocenters. The van der Waals surface area contributed by atoms with Crippen LogP contribution in [0.3, 0.4) is 0 Å². The smallest absolute Gasteiger partial charge is 0.136 e. The van der Waals surface area contributed by atoms with E-state index >= 15 is 0 Å². The van der Waals surface area contributed by atoms with Crippen molar-refractivity contribution < 1.29 is 4.74 Å². The van der Waals surface area contributed by atoms with Crippen LogP contribution in [0, 0.1) is 13.8 Å². The molecular formula is C23H27N5O. The summed E-state index contributed by atoms with van der Waals surface area (Å²) in [5.74, 6) is 3.33. The molecule has 0 amide bonds. The van der Waals surface area contributed by atoms with E-state index in [-0.39, 0.29) is 0 Å². The van der Waals surface area contributed by atoms with Crippen LogP contribution in [-0.2, 0) is 0 Å². The predicted molar refractivity (Wildman–Crippen MR) is 119 cm³/mol. The van der Waals surface area contributed by atoms with Crippen LogP contribution in [0.1, 0.15) is 11.4 Å². The molecule has 1 N–H and O–H groups in total. The van der Waals surface area contributed by atoms with Gasteiger partial charge >= 0.3 is 0 Å². The second kappa shape index (κ2) is 8.39. The van der Waals surface area contributed by atoms with E-state index in [9.17, 15) is 0 Å². The van der Waals surface area contributed by atoms with Gasteiger partial charge in [0.05, 0.1) is 7.11 Å². The summed E-state index contributed by atoms with van der Waals surface area (Å²) in [7, 11) is 1.67. The number of ether oxygens (including phenoxy) is 1. The van der Waals surface area contributed by atoms with Crippen LogP contribution in [0.2, 0.25) is 0 Å². The molecule has 2 aromatic carbocycles. The molecule has 0 radical (unpaired) electrons. The van der Waals surface area contributed by atoms with E-state index < -0.39 is 0 Å². The van der Waals surface area contributed by atoms with Gasteiger partial charge in [0.25, 0.3) is 0 Å². The second-order valence-corrected chi connectivity index (χ2v) is 7.33. The van der Waals surface area contributed by atoms with Gasteiger partial charge < -0.3 is 19.9 Å². The number of hydrogen-bond acceptors (Lipinski definition) is 6. The van der Waals surface area contributed by atoms with E-state index in [4.69, 9.17) is 4.74 Å². The van der Waals surface area contributed by atoms with E-state index in [1.54, 1.807) is 7.11 Å². The van der Waals surface area contributed by atoms with Crippen LogP contribution in [-0.4, -0.2) is 43.3 Å². The Bertz CT molecular complexity index is 983. The predicted octanol–water partition coefficient (Wildman–Crippen LogP) is 4.17. The highest BCUT2D eigenvalue weighted by molar-refractivity contribution is 5.61. The van der Waals surface area contributed by atoms with Gasteiger partial charge in [-0.15, -0.1) is 0 Å². The van der Waals surface area contributed by atoms with Crippen molar-refractivity contribution in [2.75, 3.05) is 48.4 Å². The van der Waals surface area contributed by atoms with Crippen LogP contribution < -0.4 is 19.9 Å². The highest BCUT2D eigenvalue weighted by atomic mass is 16.5. The van der Waals surface area contributed by atoms with Crippen LogP contribution >= 0.6 is 0 Å². The molecule has 1 aliphatic heterocycles. The molecule has 1 saturated heterocycles. The van der Waals surface area contributed by atoms with Gasteiger partial charge in [0, 0.05) is 49.7 Å². The molecule has 0 bridgehead atoms. The molecule has 1 fully saturated rings. The van der Waals surface area contributed by atoms with Gasteiger partial charge in [-0.3, -0.25) is 0 Å². The van der Waals surface area contributed by atoms with E-state index in [0.717, 1.165) is 55.1 Å². The maximum absolute atomic E-state index is 5.30. The molecule has 6 heteroatoms. The van der Waals surface area contributed by atoms with E-state index in [1.807, 2.05) is 37.3 Å². The molecule has 3 aromatic rings. The van der Waals surface area contributed by atoms with Crippen LogP contribution in [0.4, 0.5) is 23.0 Å². The summed E-state index contributed by atoms with van der Waals surface area (Å²) >= 11 is 0. The van der Waals surface area contributed by atoms with Gasteiger partial charge in [0.15, 0.2) is 0 Å². The highest BCUT2D eigenvalue weighted by Gasteiger charge is 2.19. The first-order chi connectivity index (χ1) is 14.1. The van der Waals surface area contributed by atoms with Crippen LogP contribution in [0.15, 0.2) is 54.6 Å². The molecule has 0 saturated carbocycles. The lowest BCUT2D eigenvalue weighted by molar-refractivity contribution is 0.415. The number of aryl methyl sites for hydroxylation is 2. The van der Waals surface area contributed by atoms with Crippen molar-refractivity contribution in [2.45, 2.75) is 13.8 Å². The number of rotatable bonds is 5. The Morgan fingerprint density at radius 1 is 0.862 bits per heavy atom. The Morgan fingerprint density at radius 3 is 2.38 bits per heavy atom. The quantitative estimate of drug-likeness (QED) is 0.707. The first-order valence-corrected chi connectivity index (χ1v) is 9.94. The number of nitrogens with one attached hydrogen (secondary N) is 1. The molecule has 6 nitrogen and oxygen atoms in total. The zero-order valence-corrected chi connectivity index (χ0v) is 17.2. The summed E-state index contributed by atoms with van der Waals surface area (Å²) in [4.78, 5) is 14.0. The monoisotopic (exact) mass is 389 g/mol. The fourth-order valence-corrected chi connectivity index (χ4v) is 3.65. The van der Waals surface area contributed by atoms with Crippen molar-refractivity contribution in [1.29, 1.82) is 0 Å². The molecule has 2 heterocycles. The number of benzene rings is 2. The molecule has 150 valence electrons. The van der Waals surface area contributed by atoms with Crippen molar-refractivity contribution in [3.05, 3.63) is 66.0 Å². The Balaban J connectivity index is 1.46. The third-order valence-corrected chi connectivity index (χ3v) is 5.14. The third-order valence-electron chi connectivity index (χ3n) is 5.14. The average molecular weight is 390 g/mol. The number of nitrogens with zero attached hydrogens (tertiary/aromatic N) is 4. The maximum Gasteiger partial charge on any atom is 0.136 e. The maximum atomic E-state index is 5.30. The molecular weight excluding hydrogens is 362 g/mol. The fraction of sp³-hybridized carbons (Fsp3) is 0.304. The zero-order valence-electron chi connectivity index (χ0n) is 17.2. The summed E-state index contributed by atoms with van der Waals surface area (Å²) in [6.45, 7) is 7.89. The second-order valence-electron chi connectivity index (χ2n) is 7.33. The van der Waals surface area contributed by atoms with Crippen molar-refractivity contribution in [3.63, 3.8) is 0 Å². The minimum Gasteiger partial charge on any atom is -0.497 e. The Kier molecular flexibility index (Phi) is 5.51. The van der Waals surface area contributed by atoms with Gasteiger partial charge in [0.2, 0.25) is 0 Å².